The summed E-state index contributed by atoms with van der Waals surface area (Å²) in [5, 5.41) is 17.2. The van der Waals surface area contributed by atoms with Crippen molar-refractivity contribution in [1.82, 2.24) is 22.8 Å². The lowest BCUT2D eigenvalue weighted by Gasteiger charge is -2.43. The Morgan fingerprint density at radius 2 is 0.473 bits per heavy atom. The molecule has 0 unspecified atom stereocenters. The normalized spacial score (nSPS) is 14.7. The van der Waals surface area contributed by atoms with E-state index in [0.717, 1.165) is 73.5 Å². The zero-order valence-electron chi connectivity index (χ0n) is 91.5. The predicted octanol–water partition coefficient (Wildman–Crippen LogP) is 29.9. The van der Waals surface area contributed by atoms with Crippen LogP contribution in [-0.4, -0.2) is 55.5 Å². The first-order valence-electron chi connectivity index (χ1n) is 53.2. The summed E-state index contributed by atoms with van der Waals surface area (Å²) in [5.74, 6) is 1.72. The Morgan fingerprint density at radius 1 is 0.205 bits per heavy atom. The van der Waals surface area contributed by atoms with Gasteiger partial charge in [-0.2, -0.15) is 0 Å². The third kappa shape index (κ3) is 13.5. The highest BCUT2D eigenvalue weighted by atomic mass is 32.2. The van der Waals surface area contributed by atoms with Crippen LogP contribution in [0.1, 0.15) is 263 Å². The van der Waals surface area contributed by atoms with Crippen LogP contribution in [0.5, 0.6) is 11.5 Å². The number of aromatic nitrogens is 5. The number of fused-ring (bicyclic) bond motifs is 27. The van der Waals surface area contributed by atoms with Gasteiger partial charge in [-0.05, 0) is 328 Å². The van der Waals surface area contributed by atoms with Gasteiger partial charge in [0.05, 0.1) is 78.3 Å². The van der Waals surface area contributed by atoms with Gasteiger partial charge in [0.25, 0.3) is 20.1 Å². The van der Waals surface area contributed by atoms with E-state index in [9.17, 15) is 0 Å². The van der Waals surface area contributed by atoms with E-state index in [4.69, 9.17) is 4.74 Å². The van der Waals surface area contributed by atoms with Crippen LogP contribution >= 0.6 is 23.9 Å². The molecule has 15 aromatic carbocycles. The molecule has 0 amide bonds. The lowest BCUT2D eigenvalue weighted by Crippen LogP contribution is -2.65. The van der Waals surface area contributed by atoms with Gasteiger partial charge < -0.3 is 32.9 Å². The molecule has 6 aliphatic heterocycles. The van der Waals surface area contributed by atoms with E-state index in [0.29, 0.717) is 0 Å². The van der Waals surface area contributed by atoms with Crippen LogP contribution < -0.4 is 67.8 Å². The van der Waals surface area contributed by atoms with Crippen molar-refractivity contribution in [3.63, 3.8) is 0 Å². The molecule has 11 heterocycles. The van der Waals surface area contributed by atoms with Gasteiger partial charge in [-0.25, -0.2) is 0 Å². The Balaban J connectivity index is 0.770. The Kier molecular flexibility index (Phi) is 19.2. The van der Waals surface area contributed by atoms with Crippen molar-refractivity contribution in [1.29, 1.82) is 0 Å². The zero-order valence-corrected chi connectivity index (χ0v) is 93.2. The second kappa shape index (κ2) is 30.1. The first-order valence-corrected chi connectivity index (χ1v) is 55.5. The minimum atomic E-state index is -0.331. The molecule has 5 aromatic heterocycles. The summed E-state index contributed by atoms with van der Waals surface area (Å²) >= 11 is 3.60. The van der Waals surface area contributed by atoms with Crippen molar-refractivity contribution >= 4 is 236 Å². The molecule has 0 atom stereocenters. The van der Waals surface area contributed by atoms with Gasteiger partial charge in [0, 0.05) is 118 Å². The van der Waals surface area contributed by atoms with E-state index < -0.39 is 0 Å². The Morgan fingerprint density at radius 3 is 0.808 bits per heavy atom. The zero-order chi connectivity index (χ0) is 102. The largest absolute Gasteiger partial charge is 0.458 e. The molecule has 9 nitrogen and oxygen atoms in total. The second-order valence-electron chi connectivity index (χ2n) is 54.1. The molecule has 26 rings (SSSR count). The van der Waals surface area contributed by atoms with Crippen LogP contribution in [0.15, 0.2) is 231 Å². The first kappa shape index (κ1) is 93.2. The summed E-state index contributed by atoms with van der Waals surface area (Å²) in [6.07, 6.45) is 4.60. The van der Waals surface area contributed by atoms with Gasteiger partial charge in [-0.1, -0.05) is 281 Å². The first-order chi connectivity index (χ1) is 68.6. The molecule has 0 bridgehead atoms. The summed E-state index contributed by atoms with van der Waals surface area (Å²) in [7, 11) is 0. The van der Waals surface area contributed by atoms with Crippen molar-refractivity contribution in [2.75, 3.05) is 26.4 Å². The molecular formula is C132H135B3N8OS2. The van der Waals surface area contributed by atoms with Crippen LogP contribution in [0.3, 0.4) is 0 Å². The van der Waals surface area contributed by atoms with Gasteiger partial charge in [0.1, 0.15) is 11.5 Å². The van der Waals surface area contributed by atoms with Crippen molar-refractivity contribution in [3.05, 3.63) is 286 Å². The summed E-state index contributed by atoms with van der Waals surface area (Å²) in [6, 6.07) is 94.7. The number of ether oxygens (including phenoxy) is 1. The van der Waals surface area contributed by atoms with Gasteiger partial charge >= 0.3 is 0 Å². The number of hydrogen-bond acceptors (Lipinski definition) is 6. The average molecular weight is 1950 g/mol. The summed E-state index contributed by atoms with van der Waals surface area (Å²) in [6.45, 7) is 70.2. The molecule has 14 heteroatoms. The lowest BCUT2D eigenvalue weighted by molar-refractivity contribution is 0.487. The van der Waals surface area contributed by atoms with E-state index in [1.54, 1.807) is 23.9 Å². The number of nitrogens with zero attached hydrogens (tertiary/aromatic N) is 7. The number of hydrogen-bond donors (Lipinski definition) is 1. The van der Waals surface area contributed by atoms with E-state index >= 15 is 0 Å². The standard InChI is InChI=1S/C132H135B3N8OS2/c1-123(2,3)71-33-41-102-84(49-71)85-50-72(124(4,5)6)34-42-103(85)137(102)81-61-101-118-112(62-81)140-108-47-39-77(129(19,20)21)55-90(108)92-57-79(131(25,26)27)59-98(121(92)140)133(118)94-67-95-110(69-100(94)136-101)142(145-31)115-65-83(139-106-45-37-75(127(13,14)15)53-88(106)89-54-76(128(16,17)18)38-46-107(89)139)66-117-120(115)134(95)97-68-96-111(70-116(97)144-117)143(146-32)114-64-82(138-104-43-35-73(125(7,8)9)51-86(104)87-52-74(126(10,11)12)36-44-105(87)138)63-113-119(114)135(96)99-60-80(132(28,29)30)58-93-91-56-78(130(22,23)24)40-48-109(91)141(113)122(93)99/h33-70,136H,1-32H3. The van der Waals surface area contributed by atoms with Crippen molar-refractivity contribution < 1.29 is 4.74 Å². The Hall–Kier alpha value is -12.6. The minimum absolute atomic E-state index is 0.0691. The highest BCUT2D eigenvalue weighted by molar-refractivity contribution is 8.00. The lowest BCUT2D eigenvalue weighted by atomic mass is 9.29. The minimum Gasteiger partial charge on any atom is -0.458 e. The summed E-state index contributed by atoms with van der Waals surface area (Å²) in [4.78, 5) is 0. The van der Waals surface area contributed by atoms with Crippen LogP contribution in [0.25, 0.3) is 137 Å². The molecule has 20 aromatic rings. The second-order valence-corrected chi connectivity index (χ2v) is 55.5. The Bertz CT molecular complexity index is 9070. The molecule has 730 valence electrons. The number of anilines is 6. The smallest absolute Gasteiger partial charge is 0.256 e. The van der Waals surface area contributed by atoms with Crippen LogP contribution in [0, 0.1) is 0 Å². The van der Waals surface area contributed by atoms with Crippen LogP contribution in [0.4, 0.5) is 34.1 Å². The molecule has 6 aliphatic rings. The highest BCUT2D eigenvalue weighted by Crippen LogP contribution is 2.53. The van der Waals surface area contributed by atoms with Gasteiger partial charge in [0.2, 0.25) is 0 Å². The van der Waals surface area contributed by atoms with Crippen molar-refractivity contribution in [3.8, 4) is 39.9 Å². The molecule has 0 saturated heterocycles. The van der Waals surface area contributed by atoms with Gasteiger partial charge in [-0.3, -0.25) is 8.61 Å². The predicted molar refractivity (Wildman–Crippen MR) is 640 cm³/mol. The van der Waals surface area contributed by atoms with E-state index in [2.05, 4.69) is 488 Å². The van der Waals surface area contributed by atoms with Gasteiger partial charge in [-0.15, -0.1) is 0 Å². The summed E-state index contributed by atoms with van der Waals surface area (Å²) in [5.41, 5.74) is 48.1. The number of nitrogens with one attached hydrogen (secondary N) is 1. The fraction of sp³-hybridized carbons (Fsp3) is 0.318. The van der Waals surface area contributed by atoms with Crippen molar-refractivity contribution in [2.45, 2.75) is 262 Å². The molecule has 146 heavy (non-hydrogen) atoms. The summed E-state index contributed by atoms with van der Waals surface area (Å²) < 4.78 is 26.7. The third-order valence-corrected chi connectivity index (χ3v) is 35.7. The van der Waals surface area contributed by atoms with E-state index in [1.807, 2.05) is 0 Å². The average Bonchev–Trinajstić information content (AvgIpc) is 1.32. The van der Waals surface area contributed by atoms with Crippen LogP contribution in [-0.2, 0) is 54.1 Å². The van der Waals surface area contributed by atoms with Gasteiger partial charge in [0.15, 0.2) is 0 Å². The maximum Gasteiger partial charge on any atom is 0.256 e. The highest BCUT2D eigenvalue weighted by Gasteiger charge is 2.51. The number of rotatable bonds is 5. The van der Waals surface area contributed by atoms with E-state index in [-0.39, 0.29) is 74.3 Å². The van der Waals surface area contributed by atoms with Crippen molar-refractivity contribution in [2.24, 2.45) is 0 Å². The molecule has 0 aliphatic carbocycles. The molecule has 0 fully saturated rings. The fourth-order valence-electron chi connectivity index (χ4n) is 25.9. The van der Waals surface area contributed by atoms with E-state index in [1.165, 1.54) is 214 Å². The van der Waals surface area contributed by atoms with Crippen LogP contribution in [0.2, 0.25) is 0 Å². The quantitative estimate of drug-likeness (QED) is 0.137. The number of benzene rings is 15. The third-order valence-electron chi connectivity index (χ3n) is 34.2. The topological polar surface area (TPSA) is 52.4 Å². The maximum absolute atomic E-state index is 8.31. The molecular weight excluding hydrogens is 1810 g/mol. The molecule has 1 N–H and O–H groups in total. The maximum atomic E-state index is 8.31. The molecule has 0 saturated carbocycles. The monoisotopic (exact) mass is 1950 g/mol. The molecule has 0 spiro atoms. The molecule has 0 radical (unpaired) electrons. The SMILES string of the molecule is CSN1c2cc3c(cc2B2c4cc5c(cc4Oc4cc(-n6c7ccc(C(C)(C)C)cc7c7cc(C(C)(C)C)ccc76)cc1c42)N(SC)c1cc(-n2c4ccc(C(C)(C)C)cc4c4cc(C(C)(C)C)ccc42)cc2c1B5c1cc(C(C)(C)C)cc4c5cc(C(C)(C)C)ccc5n-2c14)B1c2c(cc(-n4c5ccc(C(C)(C)C)cc5c5cc(C(C)(C)C)ccc54)cc2-n2c4ccc(C(C)(C)C)cc4c4cc(C(C)(C)C)cc1c42)N3. The Labute approximate surface area is 871 Å². The fourth-order valence-corrected chi connectivity index (χ4v) is 27.3.